The standard InChI is InChI=1S/C22H27N3O4/c1-15(26)25-12-5-9-20-22(25,2)10-6-11-24(20)21(27)19-14-18(23-29-19)16-7-4-8-17(13-16)28-3/h4,7-8,13-14,20H,5-6,9-12H2,1-3H3/t20-,22+/m1/s1. The Labute approximate surface area is 170 Å². The number of piperidine rings is 2. The van der Waals surface area contributed by atoms with Crippen molar-refractivity contribution in [3.05, 3.63) is 36.1 Å². The molecule has 2 aliphatic heterocycles. The third-order valence-corrected chi connectivity index (χ3v) is 6.38. The molecule has 0 radical (unpaired) electrons. The van der Waals surface area contributed by atoms with Crippen LogP contribution in [-0.2, 0) is 4.79 Å². The first-order chi connectivity index (χ1) is 13.9. The fourth-order valence-corrected chi connectivity index (χ4v) is 4.94. The van der Waals surface area contributed by atoms with E-state index in [2.05, 4.69) is 12.1 Å². The topological polar surface area (TPSA) is 75.9 Å². The highest BCUT2D eigenvalue weighted by Crippen LogP contribution is 2.40. The lowest BCUT2D eigenvalue weighted by atomic mass is 9.76. The van der Waals surface area contributed by atoms with Crippen molar-refractivity contribution in [2.75, 3.05) is 20.2 Å². The molecule has 2 saturated heterocycles. The van der Waals surface area contributed by atoms with Crippen molar-refractivity contribution in [1.29, 1.82) is 0 Å². The molecular weight excluding hydrogens is 370 g/mol. The van der Waals surface area contributed by atoms with E-state index < -0.39 is 0 Å². The first kappa shape index (κ1) is 19.5. The second-order valence-corrected chi connectivity index (χ2v) is 8.10. The molecule has 0 unspecified atom stereocenters. The molecular formula is C22H27N3O4. The van der Waals surface area contributed by atoms with Crippen LogP contribution in [0.4, 0.5) is 0 Å². The number of carbonyl (C=O) groups is 2. The Balaban J connectivity index is 1.59. The van der Waals surface area contributed by atoms with Gasteiger partial charge in [0.05, 0.1) is 18.7 Å². The fraction of sp³-hybridized carbons (Fsp3) is 0.500. The second kappa shape index (κ2) is 7.54. The summed E-state index contributed by atoms with van der Waals surface area (Å²) in [5.41, 5.74) is 1.10. The highest BCUT2D eigenvalue weighted by Gasteiger charge is 2.50. The quantitative estimate of drug-likeness (QED) is 0.794. The van der Waals surface area contributed by atoms with Crippen LogP contribution in [0, 0.1) is 0 Å². The number of methoxy groups -OCH3 is 1. The summed E-state index contributed by atoms with van der Waals surface area (Å²) in [4.78, 5) is 29.3. The van der Waals surface area contributed by atoms with Crippen LogP contribution in [0.2, 0.25) is 0 Å². The van der Waals surface area contributed by atoms with E-state index >= 15 is 0 Å². The Bertz CT molecular complexity index is 924. The maximum absolute atomic E-state index is 13.3. The third kappa shape index (κ3) is 3.39. The molecule has 2 atom stereocenters. The third-order valence-electron chi connectivity index (χ3n) is 6.38. The summed E-state index contributed by atoms with van der Waals surface area (Å²) in [5, 5.41) is 4.10. The smallest absolute Gasteiger partial charge is 0.292 e. The molecule has 7 heteroatoms. The molecule has 2 amide bonds. The average Bonchev–Trinajstić information content (AvgIpc) is 3.22. The first-order valence-corrected chi connectivity index (χ1v) is 10.1. The zero-order valence-electron chi connectivity index (χ0n) is 17.2. The van der Waals surface area contributed by atoms with E-state index in [1.807, 2.05) is 34.1 Å². The van der Waals surface area contributed by atoms with Crippen LogP contribution in [0.25, 0.3) is 11.3 Å². The van der Waals surface area contributed by atoms with Gasteiger partial charge in [-0.05, 0) is 44.7 Å². The number of nitrogens with zero attached hydrogens (tertiary/aromatic N) is 3. The summed E-state index contributed by atoms with van der Waals surface area (Å²) in [6.45, 7) is 5.15. The number of aromatic nitrogens is 1. The molecule has 0 N–H and O–H groups in total. The minimum absolute atomic E-state index is 0.00762. The number of rotatable bonds is 3. The Kier molecular flexibility index (Phi) is 5.06. The molecule has 29 heavy (non-hydrogen) atoms. The number of amides is 2. The molecule has 7 nitrogen and oxygen atoms in total. The maximum Gasteiger partial charge on any atom is 0.292 e. The molecule has 2 fully saturated rings. The maximum atomic E-state index is 13.3. The van der Waals surface area contributed by atoms with Gasteiger partial charge < -0.3 is 19.1 Å². The van der Waals surface area contributed by atoms with Gasteiger partial charge in [0.2, 0.25) is 11.7 Å². The molecule has 2 aliphatic rings. The van der Waals surface area contributed by atoms with Gasteiger partial charge in [0.25, 0.3) is 5.91 Å². The van der Waals surface area contributed by atoms with Gasteiger partial charge in [0, 0.05) is 31.6 Å². The van der Waals surface area contributed by atoms with Crippen LogP contribution in [0.3, 0.4) is 0 Å². The summed E-state index contributed by atoms with van der Waals surface area (Å²) in [6, 6.07) is 9.17. The lowest BCUT2D eigenvalue weighted by Crippen LogP contribution is -2.67. The SMILES string of the molecule is COc1cccc(-c2cc(C(=O)N3CCC[C@@]4(C)[C@H]3CCCN4C(C)=O)on2)c1. The molecule has 3 heterocycles. The zero-order chi connectivity index (χ0) is 20.6. The van der Waals surface area contributed by atoms with Crippen molar-refractivity contribution in [1.82, 2.24) is 15.0 Å². The number of hydrogen-bond donors (Lipinski definition) is 0. The number of carbonyl (C=O) groups excluding carboxylic acids is 2. The Morgan fingerprint density at radius 2 is 2.07 bits per heavy atom. The molecule has 2 aromatic rings. The molecule has 0 bridgehead atoms. The zero-order valence-corrected chi connectivity index (χ0v) is 17.2. The van der Waals surface area contributed by atoms with Crippen molar-refractivity contribution in [3.8, 4) is 17.0 Å². The van der Waals surface area contributed by atoms with Gasteiger partial charge in [-0.1, -0.05) is 17.3 Å². The summed E-state index contributed by atoms with van der Waals surface area (Å²) >= 11 is 0. The summed E-state index contributed by atoms with van der Waals surface area (Å²) in [6.07, 6.45) is 3.56. The van der Waals surface area contributed by atoms with Gasteiger partial charge in [0.1, 0.15) is 11.4 Å². The molecule has 1 aromatic carbocycles. The lowest BCUT2D eigenvalue weighted by Gasteiger charge is -2.56. The van der Waals surface area contributed by atoms with E-state index in [4.69, 9.17) is 9.26 Å². The normalized spacial score (nSPS) is 24.2. The van der Waals surface area contributed by atoms with Gasteiger partial charge >= 0.3 is 0 Å². The molecule has 1 aromatic heterocycles. The van der Waals surface area contributed by atoms with E-state index in [0.717, 1.165) is 43.5 Å². The molecule has 154 valence electrons. The van der Waals surface area contributed by atoms with Crippen molar-refractivity contribution in [2.24, 2.45) is 0 Å². The van der Waals surface area contributed by atoms with Crippen molar-refractivity contribution in [3.63, 3.8) is 0 Å². The summed E-state index contributed by atoms with van der Waals surface area (Å²) in [5.74, 6) is 0.864. The van der Waals surface area contributed by atoms with Crippen molar-refractivity contribution >= 4 is 11.8 Å². The van der Waals surface area contributed by atoms with Crippen LogP contribution >= 0.6 is 0 Å². The van der Waals surface area contributed by atoms with Crippen LogP contribution in [0.15, 0.2) is 34.9 Å². The minimum atomic E-state index is -0.326. The first-order valence-electron chi connectivity index (χ1n) is 10.1. The predicted octanol–water partition coefficient (Wildman–Crippen LogP) is 3.36. The monoisotopic (exact) mass is 397 g/mol. The highest BCUT2D eigenvalue weighted by molar-refractivity contribution is 5.93. The molecule has 0 aliphatic carbocycles. The van der Waals surface area contributed by atoms with E-state index in [0.29, 0.717) is 12.2 Å². The summed E-state index contributed by atoms with van der Waals surface area (Å²) in [7, 11) is 1.61. The number of ether oxygens (including phenoxy) is 1. The molecule has 0 saturated carbocycles. The van der Waals surface area contributed by atoms with Crippen LogP contribution in [0.5, 0.6) is 5.75 Å². The van der Waals surface area contributed by atoms with Gasteiger partial charge in [-0.3, -0.25) is 9.59 Å². The van der Waals surface area contributed by atoms with Gasteiger partial charge in [-0.25, -0.2) is 0 Å². The number of benzene rings is 1. The van der Waals surface area contributed by atoms with Crippen LogP contribution < -0.4 is 4.74 Å². The fourth-order valence-electron chi connectivity index (χ4n) is 4.94. The average molecular weight is 397 g/mol. The minimum Gasteiger partial charge on any atom is -0.497 e. The van der Waals surface area contributed by atoms with E-state index in [-0.39, 0.29) is 29.2 Å². The number of fused-ring (bicyclic) bond motifs is 1. The lowest BCUT2D eigenvalue weighted by molar-refractivity contribution is -0.143. The van der Waals surface area contributed by atoms with Crippen molar-refractivity contribution in [2.45, 2.75) is 51.1 Å². The second-order valence-electron chi connectivity index (χ2n) is 8.10. The number of hydrogen-bond acceptors (Lipinski definition) is 5. The van der Waals surface area contributed by atoms with E-state index in [9.17, 15) is 9.59 Å². The van der Waals surface area contributed by atoms with Gasteiger partial charge in [-0.2, -0.15) is 0 Å². The summed E-state index contributed by atoms with van der Waals surface area (Å²) < 4.78 is 10.7. The Hall–Kier alpha value is -2.83. The Morgan fingerprint density at radius 1 is 1.24 bits per heavy atom. The van der Waals surface area contributed by atoms with Gasteiger partial charge in [0.15, 0.2) is 0 Å². The Morgan fingerprint density at radius 3 is 2.83 bits per heavy atom. The largest absolute Gasteiger partial charge is 0.497 e. The number of likely N-dealkylation sites (tertiary alicyclic amines) is 2. The predicted molar refractivity (Wildman–Crippen MR) is 108 cm³/mol. The van der Waals surface area contributed by atoms with E-state index in [1.165, 1.54) is 0 Å². The van der Waals surface area contributed by atoms with Crippen LogP contribution in [-0.4, -0.2) is 58.6 Å². The van der Waals surface area contributed by atoms with Gasteiger partial charge in [-0.15, -0.1) is 0 Å². The van der Waals surface area contributed by atoms with Crippen LogP contribution in [0.1, 0.15) is 50.1 Å². The highest BCUT2D eigenvalue weighted by atomic mass is 16.5. The van der Waals surface area contributed by atoms with E-state index in [1.54, 1.807) is 20.1 Å². The molecule has 4 rings (SSSR count). The van der Waals surface area contributed by atoms with Crippen molar-refractivity contribution < 1.29 is 18.8 Å². The molecule has 0 spiro atoms.